The van der Waals surface area contributed by atoms with Gasteiger partial charge in [0.15, 0.2) is 0 Å². The summed E-state index contributed by atoms with van der Waals surface area (Å²) in [4.78, 5) is 0. The van der Waals surface area contributed by atoms with E-state index in [1.807, 2.05) is 49.6 Å². The van der Waals surface area contributed by atoms with Gasteiger partial charge in [0.1, 0.15) is 0 Å². The van der Waals surface area contributed by atoms with Gasteiger partial charge in [0.05, 0.1) is 0 Å². The Morgan fingerprint density at radius 2 is 1.85 bits per heavy atom. The third-order valence-electron chi connectivity index (χ3n) is 6.39. The summed E-state index contributed by atoms with van der Waals surface area (Å²) in [5.41, 5.74) is 7.80. The molecule has 3 nitrogen and oxygen atoms in total. The second-order valence-electron chi connectivity index (χ2n) is 8.40. The molecule has 0 saturated heterocycles. The van der Waals surface area contributed by atoms with Gasteiger partial charge in [-0.1, -0.05) is 0 Å². The van der Waals surface area contributed by atoms with Gasteiger partial charge in [-0.2, -0.15) is 0 Å². The Morgan fingerprint density at radius 1 is 1.03 bits per heavy atom. The first kappa shape index (κ1) is 18.1. The molecule has 6 rings (SSSR count). The summed E-state index contributed by atoms with van der Waals surface area (Å²) in [7, 11) is 2.03. The molecule has 2 aromatic heterocycles. The number of aromatic nitrogens is 1. The molecule has 0 saturated carbocycles. The SMILES string of the molecule is [2H]C1([2H])CC[Se]c2cc(-c3c(C#N)ccc4c3oc3c(-c5cccc[n+]5C)c(C)ccc34)ccc21. The van der Waals surface area contributed by atoms with Crippen LogP contribution in [-0.2, 0) is 13.4 Å². The standard InChI is InChI=1S/C29H23N2OSe/c1-18-8-12-22-23-13-11-21(17-30)27(20-10-9-19-6-5-15-33-25(19)16-20)29(23)32-28(22)26(18)24-7-3-4-14-31(24)2/h3-4,7-14,16H,5-6,15H2,1-2H3/q+1/i6D2. The van der Waals surface area contributed by atoms with Crippen molar-refractivity contribution >= 4 is 41.4 Å². The predicted octanol–water partition coefficient (Wildman–Crippen LogP) is 5.62. The molecule has 0 aliphatic carbocycles. The third-order valence-corrected chi connectivity index (χ3v) is 8.61. The number of pyridine rings is 1. The fourth-order valence-electron chi connectivity index (χ4n) is 4.77. The molecule has 0 atom stereocenters. The molecule has 160 valence electrons. The van der Waals surface area contributed by atoms with Crippen molar-refractivity contribution in [2.24, 2.45) is 7.05 Å². The molecule has 0 N–H and O–H groups in total. The summed E-state index contributed by atoms with van der Waals surface area (Å²) < 4.78 is 26.7. The summed E-state index contributed by atoms with van der Waals surface area (Å²) in [6.45, 7) is 2.09. The normalized spacial score (nSPS) is 15.7. The quantitative estimate of drug-likeness (QED) is 0.235. The van der Waals surface area contributed by atoms with Gasteiger partial charge in [0.25, 0.3) is 0 Å². The second-order valence-corrected chi connectivity index (χ2v) is 10.8. The first-order valence-corrected chi connectivity index (χ1v) is 13.1. The average Bonchev–Trinajstić information content (AvgIpc) is 3.22. The average molecular weight is 496 g/mol. The molecule has 33 heavy (non-hydrogen) atoms. The van der Waals surface area contributed by atoms with Gasteiger partial charge in [-0.05, 0) is 0 Å². The predicted molar refractivity (Wildman–Crippen MR) is 134 cm³/mol. The Labute approximate surface area is 202 Å². The number of aryl methyl sites for hydroxylation is 3. The van der Waals surface area contributed by atoms with Crippen LogP contribution in [0.2, 0.25) is 5.32 Å². The number of hydrogen-bond donors (Lipinski definition) is 0. The number of benzene rings is 3. The van der Waals surface area contributed by atoms with E-state index in [1.165, 1.54) is 0 Å². The fourth-order valence-corrected chi connectivity index (χ4v) is 6.72. The van der Waals surface area contributed by atoms with Crippen LogP contribution >= 0.6 is 0 Å². The molecule has 1 aliphatic rings. The van der Waals surface area contributed by atoms with Gasteiger partial charge in [-0.3, -0.25) is 0 Å². The van der Waals surface area contributed by atoms with E-state index in [0.29, 0.717) is 17.6 Å². The third kappa shape index (κ3) is 3.20. The Bertz CT molecular complexity index is 1700. The van der Waals surface area contributed by atoms with Crippen LogP contribution in [0, 0.1) is 18.3 Å². The Hall–Kier alpha value is -3.38. The number of fused-ring (bicyclic) bond motifs is 4. The molecule has 0 radical (unpaired) electrons. The number of nitrogens with zero attached hydrogens (tertiary/aromatic N) is 2. The van der Waals surface area contributed by atoms with Crippen molar-refractivity contribution in [1.82, 2.24) is 0 Å². The van der Waals surface area contributed by atoms with Crippen LogP contribution in [0.1, 0.15) is 25.9 Å². The molecule has 5 aromatic rings. The Kier molecular flexibility index (Phi) is 4.32. The summed E-state index contributed by atoms with van der Waals surface area (Å²) >= 11 is 0.220. The van der Waals surface area contributed by atoms with Crippen LogP contribution in [0.25, 0.3) is 44.3 Å². The summed E-state index contributed by atoms with van der Waals surface area (Å²) in [6, 6.07) is 22.5. The van der Waals surface area contributed by atoms with Crippen molar-refractivity contribution in [3.05, 3.63) is 83.6 Å². The van der Waals surface area contributed by atoms with Crippen LogP contribution in [0.4, 0.5) is 0 Å². The molecule has 0 unspecified atom stereocenters. The van der Waals surface area contributed by atoms with Gasteiger partial charge in [0.2, 0.25) is 0 Å². The van der Waals surface area contributed by atoms with Crippen molar-refractivity contribution in [2.75, 3.05) is 0 Å². The summed E-state index contributed by atoms with van der Waals surface area (Å²) in [5, 5.41) is 12.9. The number of rotatable bonds is 2. The molecule has 3 heterocycles. The Balaban J connectivity index is 1.67. The minimum absolute atomic E-state index is 0.220. The number of nitriles is 1. The molecule has 1 aliphatic heterocycles. The van der Waals surface area contributed by atoms with E-state index in [4.69, 9.17) is 7.16 Å². The second kappa shape index (κ2) is 7.88. The van der Waals surface area contributed by atoms with Gasteiger partial charge in [-0.25, -0.2) is 0 Å². The Morgan fingerprint density at radius 3 is 2.67 bits per heavy atom. The molecule has 0 amide bonds. The summed E-state index contributed by atoms with van der Waals surface area (Å²) in [5.74, 6) is 0. The first-order chi connectivity index (χ1) is 16.9. The summed E-state index contributed by atoms with van der Waals surface area (Å²) in [6.07, 6.45) is 1.30. The van der Waals surface area contributed by atoms with E-state index < -0.39 is 6.37 Å². The van der Waals surface area contributed by atoms with Crippen molar-refractivity contribution in [1.29, 1.82) is 5.26 Å². The van der Waals surface area contributed by atoms with E-state index >= 15 is 0 Å². The van der Waals surface area contributed by atoms with Gasteiger partial charge in [0, 0.05) is 0 Å². The van der Waals surface area contributed by atoms with E-state index in [-0.39, 0.29) is 15.0 Å². The topological polar surface area (TPSA) is 40.8 Å². The number of furan rings is 1. The van der Waals surface area contributed by atoms with E-state index in [9.17, 15) is 5.26 Å². The molecule has 0 spiro atoms. The van der Waals surface area contributed by atoms with Crippen molar-refractivity contribution < 1.29 is 11.7 Å². The van der Waals surface area contributed by atoms with Crippen molar-refractivity contribution in [2.45, 2.75) is 25.0 Å². The fraction of sp³-hybridized carbons (Fsp3) is 0.172. The zero-order chi connectivity index (χ0) is 24.3. The molecule has 0 bridgehead atoms. The maximum absolute atomic E-state index is 10.00. The van der Waals surface area contributed by atoms with Crippen LogP contribution in [0.3, 0.4) is 0 Å². The van der Waals surface area contributed by atoms with Crippen LogP contribution < -0.4 is 9.03 Å². The van der Waals surface area contributed by atoms with Gasteiger partial charge < -0.3 is 0 Å². The number of hydrogen-bond acceptors (Lipinski definition) is 2. The molecular weight excluding hydrogens is 471 g/mol. The van der Waals surface area contributed by atoms with Crippen molar-refractivity contribution in [3.8, 4) is 28.5 Å². The van der Waals surface area contributed by atoms with Crippen molar-refractivity contribution in [3.63, 3.8) is 0 Å². The molecule has 4 heteroatoms. The molecule has 3 aromatic carbocycles. The zero-order valence-corrected chi connectivity index (χ0v) is 20.2. The van der Waals surface area contributed by atoms with E-state index in [1.54, 1.807) is 0 Å². The van der Waals surface area contributed by atoms with Gasteiger partial charge in [-0.15, -0.1) is 0 Å². The van der Waals surface area contributed by atoms with E-state index in [2.05, 4.69) is 41.8 Å². The van der Waals surface area contributed by atoms with Crippen LogP contribution in [-0.4, -0.2) is 15.0 Å². The maximum atomic E-state index is 10.00. The minimum atomic E-state index is -1.30. The zero-order valence-electron chi connectivity index (χ0n) is 20.5. The van der Waals surface area contributed by atoms with Gasteiger partial charge >= 0.3 is 202 Å². The van der Waals surface area contributed by atoms with Crippen LogP contribution in [0.5, 0.6) is 0 Å². The van der Waals surface area contributed by atoms with E-state index in [0.717, 1.165) is 59.6 Å². The monoisotopic (exact) mass is 497 g/mol. The first-order valence-electron chi connectivity index (χ1n) is 12.0. The molecular formula is C29H23N2OSe+. The molecule has 0 fully saturated rings. The van der Waals surface area contributed by atoms with Crippen LogP contribution in [0.15, 0.2) is 71.3 Å².